The molecule has 2 aromatic carbocycles. The monoisotopic (exact) mass is 418 g/mol. The predicted octanol–water partition coefficient (Wildman–Crippen LogP) is 4.38. The minimum Gasteiger partial charge on any atom is -0.436 e. The molecule has 1 atom stereocenters. The van der Waals surface area contributed by atoms with Crippen LogP contribution in [-0.4, -0.2) is 29.4 Å². The van der Waals surface area contributed by atoms with Gasteiger partial charge in [-0.05, 0) is 43.3 Å². The molecule has 5 rings (SSSR count). The first-order valence-electron chi connectivity index (χ1n) is 9.48. The molecule has 3 N–H and O–H groups in total. The van der Waals surface area contributed by atoms with Crippen molar-refractivity contribution in [3.63, 3.8) is 0 Å². The SMILES string of the molecule is C=CC(=O)Nc1cccc2oc(-c3ccc4sc5c(c4c3)NCC(C)NC5=O)nc12. The lowest BCUT2D eigenvalue weighted by atomic mass is 10.1. The van der Waals surface area contributed by atoms with Gasteiger partial charge in [-0.2, -0.15) is 0 Å². The van der Waals surface area contributed by atoms with Crippen LogP contribution >= 0.6 is 11.3 Å². The molecule has 1 aliphatic rings. The maximum atomic E-state index is 12.5. The molecule has 0 radical (unpaired) electrons. The van der Waals surface area contributed by atoms with Gasteiger partial charge >= 0.3 is 0 Å². The highest BCUT2D eigenvalue weighted by Gasteiger charge is 2.24. The van der Waals surface area contributed by atoms with Crippen molar-refractivity contribution < 1.29 is 14.0 Å². The van der Waals surface area contributed by atoms with Gasteiger partial charge in [-0.25, -0.2) is 4.98 Å². The van der Waals surface area contributed by atoms with Crippen LogP contribution < -0.4 is 16.0 Å². The minimum absolute atomic E-state index is 0.0524. The van der Waals surface area contributed by atoms with Gasteiger partial charge < -0.3 is 20.4 Å². The molecule has 150 valence electrons. The van der Waals surface area contributed by atoms with Crippen LogP contribution in [0.25, 0.3) is 32.6 Å². The molecule has 8 heteroatoms. The Morgan fingerprint density at radius 1 is 1.37 bits per heavy atom. The van der Waals surface area contributed by atoms with Gasteiger partial charge in [0.15, 0.2) is 5.58 Å². The molecule has 4 aromatic rings. The summed E-state index contributed by atoms with van der Waals surface area (Å²) in [7, 11) is 0. The second-order valence-corrected chi connectivity index (χ2v) is 8.19. The first-order chi connectivity index (χ1) is 14.5. The van der Waals surface area contributed by atoms with Crippen molar-refractivity contribution in [2.75, 3.05) is 17.2 Å². The Morgan fingerprint density at radius 2 is 2.23 bits per heavy atom. The molecular weight excluding hydrogens is 400 g/mol. The van der Waals surface area contributed by atoms with Gasteiger partial charge in [-0.15, -0.1) is 11.3 Å². The summed E-state index contributed by atoms with van der Waals surface area (Å²) in [6, 6.07) is 11.3. The number of carbonyl (C=O) groups is 2. The Bertz CT molecular complexity index is 1340. The Balaban J connectivity index is 1.61. The van der Waals surface area contributed by atoms with E-state index < -0.39 is 0 Å². The summed E-state index contributed by atoms with van der Waals surface area (Å²) in [5, 5.41) is 10.1. The van der Waals surface area contributed by atoms with Crippen LogP contribution in [0.15, 0.2) is 53.5 Å². The van der Waals surface area contributed by atoms with E-state index in [9.17, 15) is 9.59 Å². The number of rotatable bonds is 3. The van der Waals surface area contributed by atoms with Crippen LogP contribution in [0.5, 0.6) is 0 Å². The van der Waals surface area contributed by atoms with Crippen molar-refractivity contribution in [2.45, 2.75) is 13.0 Å². The number of hydrogen-bond acceptors (Lipinski definition) is 6. The summed E-state index contributed by atoms with van der Waals surface area (Å²) in [6.07, 6.45) is 1.21. The molecule has 2 aromatic heterocycles. The van der Waals surface area contributed by atoms with E-state index in [1.165, 1.54) is 17.4 Å². The zero-order valence-corrected chi connectivity index (χ0v) is 16.9. The van der Waals surface area contributed by atoms with Gasteiger partial charge in [0.25, 0.3) is 5.91 Å². The molecular formula is C22H18N4O3S. The number of thiophene rings is 1. The summed E-state index contributed by atoms with van der Waals surface area (Å²) in [4.78, 5) is 29.5. The number of aromatic nitrogens is 1. The summed E-state index contributed by atoms with van der Waals surface area (Å²) < 4.78 is 6.97. The fourth-order valence-electron chi connectivity index (χ4n) is 3.52. The highest BCUT2D eigenvalue weighted by molar-refractivity contribution is 7.21. The van der Waals surface area contributed by atoms with Crippen LogP contribution in [0.3, 0.4) is 0 Å². The summed E-state index contributed by atoms with van der Waals surface area (Å²) in [5.41, 5.74) is 3.33. The van der Waals surface area contributed by atoms with Crippen molar-refractivity contribution >= 4 is 55.7 Å². The number of fused-ring (bicyclic) bond motifs is 4. The lowest BCUT2D eigenvalue weighted by Gasteiger charge is -2.09. The van der Waals surface area contributed by atoms with E-state index in [2.05, 4.69) is 27.5 Å². The first-order valence-corrected chi connectivity index (χ1v) is 10.3. The number of amides is 2. The zero-order chi connectivity index (χ0) is 20.8. The smallest absolute Gasteiger partial charge is 0.263 e. The van der Waals surface area contributed by atoms with E-state index >= 15 is 0 Å². The quantitative estimate of drug-likeness (QED) is 0.429. The molecule has 7 nitrogen and oxygen atoms in total. The van der Waals surface area contributed by atoms with Crippen LogP contribution in [-0.2, 0) is 4.79 Å². The molecule has 2 amide bonds. The third-order valence-electron chi connectivity index (χ3n) is 4.97. The molecule has 0 saturated carbocycles. The van der Waals surface area contributed by atoms with Crippen LogP contribution in [0, 0.1) is 0 Å². The van der Waals surface area contributed by atoms with E-state index in [0.717, 1.165) is 21.3 Å². The predicted molar refractivity (Wildman–Crippen MR) is 119 cm³/mol. The number of anilines is 2. The molecule has 0 bridgehead atoms. The normalized spacial score (nSPS) is 15.9. The summed E-state index contributed by atoms with van der Waals surface area (Å²) in [6.45, 7) is 6.10. The second-order valence-electron chi connectivity index (χ2n) is 7.14. The average Bonchev–Trinajstić information content (AvgIpc) is 3.30. The van der Waals surface area contributed by atoms with E-state index in [1.54, 1.807) is 18.2 Å². The van der Waals surface area contributed by atoms with E-state index in [-0.39, 0.29) is 17.9 Å². The van der Waals surface area contributed by atoms with Gasteiger partial charge in [0, 0.05) is 28.2 Å². The lowest BCUT2D eigenvalue weighted by Crippen LogP contribution is -2.34. The van der Waals surface area contributed by atoms with Gasteiger partial charge in [-0.3, -0.25) is 9.59 Å². The number of hydrogen-bond donors (Lipinski definition) is 3. The van der Waals surface area contributed by atoms with Gasteiger partial charge in [-0.1, -0.05) is 12.6 Å². The second kappa shape index (κ2) is 7.00. The lowest BCUT2D eigenvalue weighted by molar-refractivity contribution is -0.111. The third-order valence-corrected chi connectivity index (χ3v) is 6.14. The molecule has 1 unspecified atom stereocenters. The van der Waals surface area contributed by atoms with Crippen molar-refractivity contribution in [1.82, 2.24) is 10.3 Å². The maximum absolute atomic E-state index is 12.5. The van der Waals surface area contributed by atoms with Crippen LogP contribution in [0.1, 0.15) is 16.6 Å². The summed E-state index contributed by atoms with van der Waals surface area (Å²) in [5.74, 6) is 0.0707. The first kappa shape index (κ1) is 18.4. The highest BCUT2D eigenvalue weighted by Crippen LogP contribution is 2.39. The third kappa shape index (κ3) is 3.02. The number of nitrogens with zero attached hydrogens (tertiary/aromatic N) is 1. The highest BCUT2D eigenvalue weighted by atomic mass is 32.1. The number of para-hydroxylation sites is 1. The van der Waals surface area contributed by atoms with Crippen LogP contribution in [0.4, 0.5) is 11.4 Å². The molecule has 1 aliphatic heterocycles. The van der Waals surface area contributed by atoms with Crippen LogP contribution in [0.2, 0.25) is 0 Å². The standard InChI is InChI=1S/C22H18N4O3S/c1-3-17(27)25-14-5-4-6-15-19(14)26-22(29-15)12-7-8-16-13(9-12)18-20(30-16)21(28)24-11(2)10-23-18/h3-9,11,23H,1,10H2,2H3,(H,24,28)(H,25,27). The maximum Gasteiger partial charge on any atom is 0.263 e. The number of oxazole rings is 1. The van der Waals surface area contributed by atoms with Crippen molar-refractivity contribution in [2.24, 2.45) is 0 Å². The van der Waals surface area contributed by atoms with Gasteiger partial charge in [0.1, 0.15) is 10.4 Å². The zero-order valence-electron chi connectivity index (χ0n) is 16.1. The average molecular weight is 418 g/mol. The van der Waals surface area contributed by atoms with E-state index in [4.69, 9.17) is 4.42 Å². The Hall–Kier alpha value is -3.65. The Kier molecular flexibility index (Phi) is 4.29. The van der Waals surface area contributed by atoms with E-state index in [1.807, 2.05) is 25.1 Å². The van der Waals surface area contributed by atoms with E-state index in [0.29, 0.717) is 34.1 Å². The topological polar surface area (TPSA) is 96.3 Å². The fraction of sp³-hybridized carbons (Fsp3) is 0.136. The Morgan fingerprint density at radius 3 is 3.07 bits per heavy atom. The number of carbonyl (C=O) groups excluding carboxylic acids is 2. The summed E-state index contributed by atoms with van der Waals surface area (Å²) >= 11 is 1.46. The minimum atomic E-state index is -0.312. The van der Waals surface area contributed by atoms with Crippen molar-refractivity contribution in [3.05, 3.63) is 53.9 Å². The van der Waals surface area contributed by atoms with Gasteiger partial charge in [0.2, 0.25) is 11.8 Å². The molecule has 30 heavy (non-hydrogen) atoms. The molecule has 0 aliphatic carbocycles. The largest absolute Gasteiger partial charge is 0.436 e. The van der Waals surface area contributed by atoms with Crippen molar-refractivity contribution in [1.29, 1.82) is 0 Å². The Labute approximate surface area is 175 Å². The van der Waals surface area contributed by atoms with Crippen molar-refractivity contribution in [3.8, 4) is 11.5 Å². The van der Waals surface area contributed by atoms with Gasteiger partial charge in [0.05, 0.1) is 11.4 Å². The molecule has 0 spiro atoms. The molecule has 3 heterocycles. The number of nitrogens with one attached hydrogen (secondary N) is 3. The molecule has 0 saturated heterocycles. The fourth-order valence-corrected chi connectivity index (χ4v) is 4.58. The number of benzene rings is 2. The molecule has 0 fully saturated rings.